The Balaban J connectivity index is 1.53. The van der Waals surface area contributed by atoms with Crippen molar-refractivity contribution in [1.29, 1.82) is 0 Å². The second-order valence-corrected chi connectivity index (χ2v) is 7.09. The van der Waals surface area contributed by atoms with E-state index in [0.29, 0.717) is 39.4 Å². The fourth-order valence-electron chi connectivity index (χ4n) is 3.60. The summed E-state index contributed by atoms with van der Waals surface area (Å²) in [4.78, 5) is 28.9. The van der Waals surface area contributed by atoms with Crippen LogP contribution < -0.4 is 4.74 Å². The minimum atomic E-state index is 0.0144. The average Bonchev–Trinajstić information content (AvgIpc) is 2.74. The van der Waals surface area contributed by atoms with Crippen LogP contribution in [0.1, 0.15) is 25.3 Å². The number of methoxy groups -OCH3 is 1. The normalized spacial score (nSPS) is 19.1. The Hall–Kier alpha value is -2.34. The molecule has 0 N–H and O–H groups in total. The minimum Gasteiger partial charge on any atom is -0.497 e. The molecule has 2 aliphatic heterocycles. The summed E-state index contributed by atoms with van der Waals surface area (Å²) < 4.78 is 10.5. The number of amides is 2. The molecule has 0 radical (unpaired) electrons. The number of rotatable bonds is 4. The SMILES string of the molecule is COc1ccc(/C(C)=C/C(=O)N2CCC(C(=O)N3CCOCC3)CC2)cc1. The molecular weight excluding hydrogens is 344 g/mol. The van der Waals surface area contributed by atoms with Gasteiger partial charge in [-0.25, -0.2) is 0 Å². The molecule has 2 saturated heterocycles. The van der Waals surface area contributed by atoms with E-state index in [9.17, 15) is 9.59 Å². The van der Waals surface area contributed by atoms with Crippen LogP contribution in [0.15, 0.2) is 30.3 Å². The van der Waals surface area contributed by atoms with Crippen LogP contribution >= 0.6 is 0 Å². The summed E-state index contributed by atoms with van der Waals surface area (Å²) in [5, 5.41) is 0. The fourth-order valence-corrected chi connectivity index (χ4v) is 3.60. The van der Waals surface area contributed by atoms with Gasteiger partial charge in [0.05, 0.1) is 20.3 Å². The van der Waals surface area contributed by atoms with Crippen molar-refractivity contribution in [1.82, 2.24) is 9.80 Å². The number of ether oxygens (including phenoxy) is 2. The van der Waals surface area contributed by atoms with Gasteiger partial charge < -0.3 is 19.3 Å². The Kier molecular flexibility index (Phi) is 6.50. The van der Waals surface area contributed by atoms with Crippen LogP contribution in [-0.2, 0) is 14.3 Å². The second kappa shape index (κ2) is 9.04. The molecule has 2 fully saturated rings. The van der Waals surface area contributed by atoms with Gasteiger partial charge >= 0.3 is 0 Å². The van der Waals surface area contributed by atoms with Gasteiger partial charge in [0.25, 0.3) is 0 Å². The predicted octanol–water partition coefficient (Wildman–Crippen LogP) is 2.20. The van der Waals surface area contributed by atoms with Crippen LogP contribution in [0.3, 0.4) is 0 Å². The zero-order valence-electron chi connectivity index (χ0n) is 16.1. The third kappa shape index (κ3) is 4.89. The summed E-state index contributed by atoms with van der Waals surface area (Å²) >= 11 is 0. The van der Waals surface area contributed by atoms with Gasteiger partial charge in [-0.15, -0.1) is 0 Å². The molecule has 1 aromatic carbocycles. The van der Waals surface area contributed by atoms with Crippen LogP contribution in [0.4, 0.5) is 0 Å². The molecule has 0 atom stereocenters. The van der Waals surface area contributed by atoms with Crippen molar-refractivity contribution in [3.05, 3.63) is 35.9 Å². The maximum Gasteiger partial charge on any atom is 0.246 e. The number of carbonyl (C=O) groups is 2. The molecule has 3 rings (SSSR count). The molecule has 27 heavy (non-hydrogen) atoms. The molecule has 2 aliphatic rings. The third-order valence-corrected chi connectivity index (χ3v) is 5.36. The lowest BCUT2D eigenvalue weighted by Gasteiger charge is -2.35. The van der Waals surface area contributed by atoms with E-state index in [4.69, 9.17) is 9.47 Å². The van der Waals surface area contributed by atoms with Crippen LogP contribution in [0.25, 0.3) is 5.57 Å². The summed E-state index contributed by atoms with van der Waals surface area (Å²) in [5.74, 6) is 1.06. The van der Waals surface area contributed by atoms with Gasteiger partial charge in [0.15, 0.2) is 0 Å². The summed E-state index contributed by atoms with van der Waals surface area (Å²) in [5.41, 5.74) is 1.93. The van der Waals surface area contributed by atoms with Crippen molar-refractivity contribution in [2.75, 3.05) is 46.5 Å². The van der Waals surface area contributed by atoms with Crippen LogP contribution in [0.5, 0.6) is 5.75 Å². The number of hydrogen-bond acceptors (Lipinski definition) is 4. The number of carbonyl (C=O) groups excluding carboxylic acids is 2. The molecule has 0 unspecified atom stereocenters. The zero-order chi connectivity index (χ0) is 19.2. The van der Waals surface area contributed by atoms with Crippen molar-refractivity contribution in [3.63, 3.8) is 0 Å². The van der Waals surface area contributed by atoms with Gasteiger partial charge in [-0.1, -0.05) is 12.1 Å². The van der Waals surface area contributed by atoms with Gasteiger partial charge in [-0.3, -0.25) is 9.59 Å². The van der Waals surface area contributed by atoms with Crippen LogP contribution in [-0.4, -0.2) is 68.1 Å². The first kappa shape index (κ1) is 19.4. The molecule has 6 nitrogen and oxygen atoms in total. The number of piperidine rings is 1. The molecule has 0 spiro atoms. The number of allylic oxidation sites excluding steroid dienone is 1. The summed E-state index contributed by atoms with van der Waals surface area (Å²) in [6.45, 7) is 5.81. The standard InChI is InChI=1S/C21H28N2O4/c1-16(17-3-5-19(26-2)6-4-17)15-20(24)22-9-7-18(8-10-22)21(25)23-11-13-27-14-12-23/h3-6,15,18H,7-14H2,1-2H3/b16-15+. The zero-order valence-corrected chi connectivity index (χ0v) is 16.1. The maximum atomic E-state index is 12.6. The van der Waals surface area contributed by atoms with Crippen molar-refractivity contribution < 1.29 is 19.1 Å². The Morgan fingerprint density at radius 3 is 2.26 bits per heavy atom. The van der Waals surface area contributed by atoms with E-state index >= 15 is 0 Å². The largest absolute Gasteiger partial charge is 0.497 e. The third-order valence-electron chi connectivity index (χ3n) is 5.36. The van der Waals surface area contributed by atoms with Crippen molar-refractivity contribution in [3.8, 4) is 5.75 Å². The lowest BCUT2D eigenvalue weighted by Crippen LogP contribution is -2.47. The first-order valence-corrected chi connectivity index (χ1v) is 9.56. The fraction of sp³-hybridized carbons (Fsp3) is 0.524. The molecule has 0 bridgehead atoms. The van der Waals surface area contributed by atoms with Crippen molar-refractivity contribution in [2.24, 2.45) is 5.92 Å². The number of hydrogen-bond donors (Lipinski definition) is 0. The molecule has 6 heteroatoms. The lowest BCUT2D eigenvalue weighted by atomic mass is 9.95. The van der Waals surface area contributed by atoms with Gasteiger partial charge in [-0.2, -0.15) is 0 Å². The van der Waals surface area contributed by atoms with Crippen molar-refractivity contribution >= 4 is 17.4 Å². The van der Waals surface area contributed by atoms with Crippen molar-refractivity contribution in [2.45, 2.75) is 19.8 Å². The summed E-state index contributed by atoms with van der Waals surface area (Å²) in [6.07, 6.45) is 3.15. The number of morpholine rings is 1. The topological polar surface area (TPSA) is 59.1 Å². The highest BCUT2D eigenvalue weighted by Crippen LogP contribution is 2.22. The van der Waals surface area contributed by atoms with E-state index in [1.165, 1.54) is 0 Å². The Labute approximate surface area is 160 Å². The molecule has 0 saturated carbocycles. The van der Waals surface area contributed by atoms with Gasteiger partial charge in [0.1, 0.15) is 5.75 Å². The predicted molar refractivity (Wildman–Crippen MR) is 103 cm³/mol. The highest BCUT2D eigenvalue weighted by atomic mass is 16.5. The van der Waals surface area contributed by atoms with E-state index in [1.54, 1.807) is 13.2 Å². The summed E-state index contributed by atoms with van der Waals surface area (Å²) in [7, 11) is 1.63. The minimum absolute atomic E-state index is 0.0144. The summed E-state index contributed by atoms with van der Waals surface area (Å²) in [6, 6.07) is 7.68. The van der Waals surface area contributed by atoms with Crippen LogP contribution in [0, 0.1) is 5.92 Å². The molecule has 2 heterocycles. The smallest absolute Gasteiger partial charge is 0.246 e. The Morgan fingerprint density at radius 1 is 1.04 bits per heavy atom. The lowest BCUT2D eigenvalue weighted by molar-refractivity contribution is -0.142. The molecule has 1 aromatic rings. The highest BCUT2D eigenvalue weighted by molar-refractivity contribution is 5.95. The van der Waals surface area contributed by atoms with E-state index in [0.717, 1.165) is 29.7 Å². The van der Waals surface area contributed by atoms with Gasteiger partial charge in [-0.05, 0) is 43.0 Å². The quantitative estimate of drug-likeness (QED) is 0.761. The Bertz CT molecular complexity index is 685. The monoisotopic (exact) mass is 372 g/mol. The molecule has 2 amide bonds. The van der Waals surface area contributed by atoms with E-state index in [2.05, 4.69) is 0 Å². The Morgan fingerprint density at radius 2 is 1.67 bits per heavy atom. The number of nitrogens with zero attached hydrogens (tertiary/aromatic N) is 2. The molecular formula is C21H28N2O4. The first-order valence-electron chi connectivity index (χ1n) is 9.56. The maximum absolute atomic E-state index is 12.6. The molecule has 0 aliphatic carbocycles. The van der Waals surface area contributed by atoms with Gasteiger partial charge in [0, 0.05) is 38.2 Å². The first-order chi connectivity index (χ1) is 13.1. The molecule has 0 aromatic heterocycles. The van der Waals surface area contributed by atoms with E-state index < -0.39 is 0 Å². The van der Waals surface area contributed by atoms with Gasteiger partial charge in [0.2, 0.25) is 11.8 Å². The highest BCUT2D eigenvalue weighted by Gasteiger charge is 2.30. The van der Waals surface area contributed by atoms with E-state index in [-0.39, 0.29) is 17.7 Å². The number of likely N-dealkylation sites (tertiary alicyclic amines) is 1. The average molecular weight is 372 g/mol. The van der Waals surface area contributed by atoms with E-state index in [1.807, 2.05) is 41.0 Å². The molecule has 146 valence electrons. The number of benzene rings is 1. The second-order valence-electron chi connectivity index (χ2n) is 7.09. The van der Waals surface area contributed by atoms with Crippen LogP contribution in [0.2, 0.25) is 0 Å².